The van der Waals surface area contributed by atoms with Gasteiger partial charge in [0, 0.05) is 11.4 Å². The molecule has 7 nitrogen and oxygen atoms in total. The number of nitrogens with one attached hydrogen (secondary N) is 3. The number of nitrogens with zero attached hydrogens (tertiary/aromatic N) is 1. The minimum atomic E-state index is -3.80. The van der Waals surface area contributed by atoms with Crippen molar-refractivity contribution < 1.29 is 13.2 Å². The van der Waals surface area contributed by atoms with Crippen LogP contribution in [-0.4, -0.2) is 19.3 Å². The van der Waals surface area contributed by atoms with E-state index in [2.05, 4.69) is 20.3 Å². The van der Waals surface area contributed by atoms with Gasteiger partial charge < -0.3 is 10.6 Å². The third-order valence-corrected chi connectivity index (χ3v) is 5.67. The average molecular weight is 394 g/mol. The molecule has 0 radical (unpaired) electrons. The van der Waals surface area contributed by atoms with Gasteiger partial charge >= 0.3 is 0 Å². The maximum Gasteiger partial charge on any atom is 0.263 e. The Labute approximate surface area is 162 Å². The van der Waals surface area contributed by atoms with Gasteiger partial charge in [-0.1, -0.05) is 12.1 Å². The van der Waals surface area contributed by atoms with Crippen LogP contribution < -0.4 is 15.4 Å². The molecule has 0 unspecified atom stereocenters. The number of aromatic nitrogens is 1. The Kier molecular flexibility index (Phi) is 4.48. The summed E-state index contributed by atoms with van der Waals surface area (Å²) in [4.78, 5) is 15.7. The molecule has 1 aromatic heterocycles. The Bertz CT molecular complexity index is 1160. The van der Waals surface area contributed by atoms with Crippen LogP contribution in [-0.2, 0) is 21.2 Å². The molecule has 0 saturated carbocycles. The van der Waals surface area contributed by atoms with Crippen molar-refractivity contribution in [2.75, 3.05) is 15.4 Å². The van der Waals surface area contributed by atoms with E-state index in [4.69, 9.17) is 0 Å². The van der Waals surface area contributed by atoms with Gasteiger partial charge in [-0.3, -0.25) is 9.52 Å². The van der Waals surface area contributed by atoms with E-state index in [0.717, 1.165) is 16.9 Å². The van der Waals surface area contributed by atoms with Gasteiger partial charge in [0.05, 0.1) is 23.2 Å². The molecule has 1 aliphatic heterocycles. The summed E-state index contributed by atoms with van der Waals surface area (Å²) in [6.45, 7) is 2.01. The zero-order valence-corrected chi connectivity index (χ0v) is 15.9. The van der Waals surface area contributed by atoms with Crippen LogP contribution in [0.25, 0.3) is 0 Å². The molecule has 1 aliphatic rings. The van der Waals surface area contributed by atoms with Crippen molar-refractivity contribution in [3.05, 3.63) is 71.9 Å². The first kappa shape index (κ1) is 18.0. The third-order valence-electron chi connectivity index (χ3n) is 4.32. The summed E-state index contributed by atoms with van der Waals surface area (Å²) >= 11 is 0. The Hall–Kier alpha value is -3.39. The second-order valence-corrected chi connectivity index (χ2v) is 8.26. The predicted molar refractivity (Wildman–Crippen MR) is 108 cm³/mol. The fraction of sp³-hybridized carbons (Fsp3) is 0.100. The number of rotatable bonds is 5. The highest BCUT2D eigenvalue weighted by molar-refractivity contribution is 7.92. The van der Waals surface area contributed by atoms with Crippen LogP contribution >= 0.6 is 0 Å². The van der Waals surface area contributed by atoms with Crippen LogP contribution in [0, 0.1) is 6.92 Å². The number of carbonyl (C=O) groups is 1. The van der Waals surface area contributed by atoms with Crippen LogP contribution in [0.1, 0.15) is 11.1 Å². The van der Waals surface area contributed by atoms with E-state index in [1.807, 2.05) is 31.2 Å². The van der Waals surface area contributed by atoms with Crippen LogP contribution in [0.5, 0.6) is 0 Å². The largest absolute Gasteiger partial charge is 0.354 e. The molecule has 0 fully saturated rings. The van der Waals surface area contributed by atoms with E-state index in [1.165, 1.54) is 12.1 Å². The predicted octanol–water partition coefficient (Wildman–Crippen LogP) is 3.43. The highest BCUT2D eigenvalue weighted by Gasteiger charge is 2.22. The van der Waals surface area contributed by atoms with Gasteiger partial charge in [0.25, 0.3) is 10.0 Å². The second-order valence-electron chi connectivity index (χ2n) is 6.58. The number of amides is 1. The molecular weight excluding hydrogens is 376 g/mol. The first-order valence-electron chi connectivity index (χ1n) is 8.64. The molecular formula is C20H18N4O3S. The van der Waals surface area contributed by atoms with Gasteiger partial charge in [0.1, 0.15) is 5.82 Å². The Morgan fingerprint density at radius 3 is 2.64 bits per heavy atom. The SMILES string of the molecule is Cc1cccc(Nc2ccc(NS(=O)(=O)c3ccc4c(c3)CC(=O)N4)nc2)c1. The summed E-state index contributed by atoms with van der Waals surface area (Å²) in [6.07, 6.45) is 1.74. The lowest BCUT2D eigenvalue weighted by Gasteiger charge is -2.10. The number of sulfonamides is 1. The molecule has 3 aromatic rings. The molecule has 8 heteroatoms. The molecule has 0 saturated heterocycles. The minimum absolute atomic E-state index is 0.0894. The molecule has 2 heterocycles. The summed E-state index contributed by atoms with van der Waals surface area (Å²) < 4.78 is 27.7. The molecule has 28 heavy (non-hydrogen) atoms. The molecule has 142 valence electrons. The van der Waals surface area contributed by atoms with Crippen LogP contribution in [0.4, 0.5) is 22.9 Å². The van der Waals surface area contributed by atoms with Crippen molar-refractivity contribution >= 4 is 38.8 Å². The number of hydrogen-bond donors (Lipinski definition) is 3. The van der Waals surface area contributed by atoms with E-state index < -0.39 is 10.0 Å². The number of carbonyl (C=O) groups excluding carboxylic acids is 1. The topological polar surface area (TPSA) is 100 Å². The number of anilines is 4. The van der Waals surface area contributed by atoms with Crippen molar-refractivity contribution in [1.82, 2.24) is 4.98 Å². The lowest BCUT2D eigenvalue weighted by atomic mass is 10.2. The molecule has 2 aromatic carbocycles. The number of aryl methyl sites for hydroxylation is 1. The van der Waals surface area contributed by atoms with E-state index in [-0.39, 0.29) is 23.0 Å². The quantitative estimate of drug-likeness (QED) is 0.616. The van der Waals surface area contributed by atoms with Gasteiger partial charge in [-0.15, -0.1) is 0 Å². The fourth-order valence-electron chi connectivity index (χ4n) is 2.99. The molecule has 3 N–H and O–H groups in total. The van der Waals surface area contributed by atoms with Crippen LogP contribution in [0.15, 0.2) is 65.7 Å². The average Bonchev–Trinajstić information content (AvgIpc) is 3.02. The lowest BCUT2D eigenvalue weighted by Crippen LogP contribution is -2.14. The van der Waals surface area contributed by atoms with Crippen LogP contribution in [0.2, 0.25) is 0 Å². The number of pyridine rings is 1. The minimum Gasteiger partial charge on any atom is -0.354 e. The first-order valence-corrected chi connectivity index (χ1v) is 10.1. The number of hydrogen-bond acceptors (Lipinski definition) is 5. The van der Waals surface area contributed by atoms with Crippen molar-refractivity contribution in [3.8, 4) is 0 Å². The Morgan fingerprint density at radius 2 is 1.89 bits per heavy atom. The second kappa shape index (κ2) is 6.97. The number of fused-ring (bicyclic) bond motifs is 1. The van der Waals surface area contributed by atoms with Gasteiger partial charge in [-0.2, -0.15) is 0 Å². The summed E-state index contributed by atoms with van der Waals surface area (Å²) in [6, 6.07) is 15.8. The summed E-state index contributed by atoms with van der Waals surface area (Å²) in [7, 11) is -3.80. The van der Waals surface area contributed by atoms with E-state index in [0.29, 0.717) is 11.3 Å². The van der Waals surface area contributed by atoms with Crippen LogP contribution in [0.3, 0.4) is 0 Å². The maximum absolute atomic E-state index is 12.6. The standard InChI is InChI=1S/C20H18N4O3S/c1-13-3-2-4-15(9-13)22-16-5-8-19(21-12-16)24-28(26,27)17-6-7-18-14(10-17)11-20(25)23-18/h2-10,12,22H,11H2,1H3,(H,21,24)(H,23,25). The summed E-state index contributed by atoms with van der Waals surface area (Å²) in [5.41, 5.74) is 4.12. The smallest absolute Gasteiger partial charge is 0.263 e. The van der Waals surface area contributed by atoms with Crippen molar-refractivity contribution in [2.45, 2.75) is 18.2 Å². The molecule has 1 amide bonds. The lowest BCUT2D eigenvalue weighted by molar-refractivity contribution is -0.115. The highest BCUT2D eigenvalue weighted by Crippen LogP contribution is 2.27. The maximum atomic E-state index is 12.6. The fourth-order valence-corrected chi connectivity index (χ4v) is 4.05. The van der Waals surface area contributed by atoms with E-state index >= 15 is 0 Å². The van der Waals surface area contributed by atoms with Gasteiger partial charge in [-0.05, 0) is 60.5 Å². The summed E-state index contributed by atoms with van der Waals surface area (Å²) in [5.74, 6) is 0.0698. The normalized spacial score (nSPS) is 13.0. The summed E-state index contributed by atoms with van der Waals surface area (Å²) in [5, 5.41) is 5.90. The molecule has 0 spiro atoms. The molecule has 0 aliphatic carbocycles. The van der Waals surface area contributed by atoms with Gasteiger partial charge in [0.2, 0.25) is 5.91 Å². The highest BCUT2D eigenvalue weighted by atomic mass is 32.2. The van der Waals surface area contributed by atoms with E-state index in [1.54, 1.807) is 24.4 Å². The molecule has 0 bridgehead atoms. The zero-order chi connectivity index (χ0) is 19.7. The van der Waals surface area contributed by atoms with Crippen molar-refractivity contribution in [3.63, 3.8) is 0 Å². The molecule has 4 rings (SSSR count). The monoisotopic (exact) mass is 394 g/mol. The Morgan fingerprint density at radius 1 is 1.04 bits per heavy atom. The first-order chi connectivity index (χ1) is 13.4. The Balaban J connectivity index is 1.49. The van der Waals surface area contributed by atoms with Crippen molar-refractivity contribution in [1.29, 1.82) is 0 Å². The molecule has 0 atom stereocenters. The van der Waals surface area contributed by atoms with Gasteiger partial charge in [-0.25, -0.2) is 13.4 Å². The van der Waals surface area contributed by atoms with Crippen molar-refractivity contribution in [2.24, 2.45) is 0 Å². The van der Waals surface area contributed by atoms with E-state index in [9.17, 15) is 13.2 Å². The third kappa shape index (κ3) is 3.81. The van der Waals surface area contributed by atoms with Gasteiger partial charge in [0.15, 0.2) is 0 Å². The number of benzene rings is 2. The zero-order valence-electron chi connectivity index (χ0n) is 15.1.